The van der Waals surface area contributed by atoms with Crippen LogP contribution >= 0.6 is 12.2 Å². The lowest BCUT2D eigenvalue weighted by atomic mass is 10.2. The average Bonchev–Trinajstić information content (AvgIpc) is 2.53. The van der Waals surface area contributed by atoms with E-state index in [9.17, 15) is 0 Å². The second kappa shape index (κ2) is 5.96. The molecule has 0 saturated heterocycles. The van der Waals surface area contributed by atoms with E-state index in [4.69, 9.17) is 12.2 Å². The van der Waals surface area contributed by atoms with Crippen LogP contribution in [0.2, 0.25) is 0 Å². The molecule has 0 saturated carbocycles. The van der Waals surface area contributed by atoms with Crippen molar-refractivity contribution in [1.82, 2.24) is 14.8 Å². The number of unbranched alkanes of at least 4 members (excludes halogenated alkanes) is 2. The molecule has 0 radical (unpaired) electrons. The van der Waals surface area contributed by atoms with Gasteiger partial charge < -0.3 is 4.57 Å². The molecule has 0 atom stereocenters. The fraction of sp³-hybridized carbons (Fsp3) is 0.800. The van der Waals surface area contributed by atoms with Gasteiger partial charge in [-0.1, -0.05) is 26.7 Å². The standard InChI is InChI=1S/C10H19N3S/c1-3-5-7-9-11-12-10(14)13(9)8-6-4-2/h3-8H2,1-2H3,(H,12,14). The van der Waals surface area contributed by atoms with E-state index in [1.54, 1.807) is 0 Å². The zero-order valence-corrected chi connectivity index (χ0v) is 9.86. The number of hydrogen-bond acceptors (Lipinski definition) is 2. The van der Waals surface area contributed by atoms with Crippen LogP contribution < -0.4 is 0 Å². The normalized spacial score (nSPS) is 10.7. The van der Waals surface area contributed by atoms with Crippen LogP contribution in [0.15, 0.2) is 0 Å². The second-order valence-corrected chi connectivity index (χ2v) is 3.94. The van der Waals surface area contributed by atoms with E-state index in [1.807, 2.05) is 0 Å². The number of H-pyrrole nitrogens is 1. The summed E-state index contributed by atoms with van der Waals surface area (Å²) in [5, 5.41) is 7.12. The first kappa shape index (κ1) is 11.4. The van der Waals surface area contributed by atoms with Crippen LogP contribution in [0.1, 0.15) is 45.4 Å². The highest BCUT2D eigenvalue weighted by Gasteiger charge is 2.04. The van der Waals surface area contributed by atoms with Crippen molar-refractivity contribution in [2.75, 3.05) is 0 Å². The molecule has 14 heavy (non-hydrogen) atoms. The van der Waals surface area contributed by atoms with Crippen molar-refractivity contribution in [3.8, 4) is 0 Å². The van der Waals surface area contributed by atoms with E-state index in [-0.39, 0.29) is 0 Å². The molecule has 0 aliphatic heterocycles. The summed E-state index contributed by atoms with van der Waals surface area (Å²) < 4.78 is 2.90. The number of aryl methyl sites for hydroxylation is 1. The minimum atomic E-state index is 0.768. The summed E-state index contributed by atoms with van der Waals surface area (Å²) in [7, 11) is 0. The Morgan fingerprint density at radius 2 is 2.00 bits per heavy atom. The average molecular weight is 213 g/mol. The molecule has 0 aromatic carbocycles. The van der Waals surface area contributed by atoms with Crippen molar-refractivity contribution in [2.24, 2.45) is 0 Å². The highest BCUT2D eigenvalue weighted by molar-refractivity contribution is 7.71. The monoisotopic (exact) mass is 213 g/mol. The zero-order valence-electron chi connectivity index (χ0n) is 9.05. The molecule has 1 N–H and O–H groups in total. The van der Waals surface area contributed by atoms with Crippen molar-refractivity contribution >= 4 is 12.2 Å². The predicted octanol–water partition coefficient (Wildman–Crippen LogP) is 3.08. The summed E-state index contributed by atoms with van der Waals surface area (Å²) in [5.74, 6) is 1.12. The molecule has 0 fully saturated rings. The lowest BCUT2D eigenvalue weighted by Crippen LogP contribution is -2.04. The van der Waals surface area contributed by atoms with Crippen LogP contribution in [-0.2, 0) is 13.0 Å². The fourth-order valence-corrected chi connectivity index (χ4v) is 1.67. The molecule has 1 heterocycles. The maximum Gasteiger partial charge on any atom is 0.195 e. The smallest absolute Gasteiger partial charge is 0.195 e. The van der Waals surface area contributed by atoms with Gasteiger partial charge in [0.25, 0.3) is 0 Å². The minimum Gasteiger partial charge on any atom is -0.304 e. The summed E-state index contributed by atoms with van der Waals surface area (Å²) >= 11 is 5.18. The van der Waals surface area contributed by atoms with Crippen LogP contribution in [0.25, 0.3) is 0 Å². The van der Waals surface area contributed by atoms with Crippen LogP contribution in [0, 0.1) is 4.77 Å². The Morgan fingerprint density at radius 3 is 2.64 bits per heavy atom. The molecule has 3 nitrogen and oxygen atoms in total. The first-order valence-electron chi connectivity index (χ1n) is 5.43. The molecule has 0 bridgehead atoms. The molecular formula is C10H19N3S. The largest absolute Gasteiger partial charge is 0.304 e. The highest BCUT2D eigenvalue weighted by atomic mass is 32.1. The Kier molecular flexibility index (Phi) is 4.87. The third-order valence-corrected chi connectivity index (χ3v) is 2.64. The Bertz CT molecular complexity index is 313. The predicted molar refractivity (Wildman–Crippen MR) is 60.9 cm³/mol. The highest BCUT2D eigenvalue weighted by Crippen LogP contribution is 2.05. The maximum absolute atomic E-state index is 5.18. The molecule has 0 aliphatic rings. The van der Waals surface area contributed by atoms with Crippen molar-refractivity contribution in [1.29, 1.82) is 0 Å². The van der Waals surface area contributed by atoms with Crippen molar-refractivity contribution in [2.45, 2.75) is 52.5 Å². The molecular weight excluding hydrogens is 194 g/mol. The molecule has 1 aromatic rings. The van der Waals surface area contributed by atoms with E-state index in [0.29, 0.717) is 0 Å². The van der Waals surface area contributed by atoms with E-state index >= 15 is 0 Å². The molecule has 4 heteroatoms. The summed E-state index contributed by atoms with van der Waals surface area (Å²) in [4.78, 5) is 0. The number of hydrogen-bond donors (Lipinski definition) is 1. The molecule has 0 aliphatic carbocycles. The summed E-state index contributed by atoms with van der Waals surface area (Å²) in [5.41, 5.74) is 0. The molecule has 0 amide bonds. The second-order valence-electron chi connectivity index (χ2n) is 3.55. The summed E-state index contributed by atoms with van der Waals surface area (Å²) in [6.07, 6.45) is 5.79. The van der Waals surface area contributed by atoms with Gasteiger partial charge >= 0.3 is 0 Å². The maximum atomic E-state index is 5.18. The van der Waals surface area contributed by atoms with Crippen molar-refractivity contribution in [3.63, 3.8) is 0 Å². The Labute approximate surface area is 90.5 Å². The van der Waals surface area contributed by atoms with Gasteiger partial charge in [0.05, 0.1) is 0 Å². The number of aromatic amines is 1. The van der Waals surface area contributed by atoms with E-state index in [2.05, 4.69) is 28.6 Å². The first-order chi connectivity index (χ1) is 6.79. The van der Waals surface area contributed by atoms with Gasteiger partial charge in [-0.15, -0.1) is 0 Å². The van der Waals surface area contributed by atoms with E-state index < -0.39 is 0 Å². The molecule has 1 aromatic heterocycles. The van der Waals surface area contributed by atoms with Gasteiger partial charge in [0.1, 0.15) is 5.82 Å². The Hall–Kier alpha value is -0.640. The van der Waals surface area contributed by atoms with Crippen molar-refractivity contribution < 1.29 is 0 Å². The Balaban J connectivity index is 2.67. The van der Waals surface area contributed by atoms with Gasteiger partial charge in [-0.3, -0.25) is 5.10 Å². The van der Waals surface area contributed by atoms with Crippen molar-refractivity contribution in [3.05, 3.63) is 10.6 Å². The third kappa shape index (κ3) is 2.94. The van der Waals surface area contributed by atoms with E-state index in [0.717, 1.165) is 23.6 Å². The Morgan fingerprint density at radius 1 is 1.29 bits per heavy atom. The number of aromatic nitrogens is 3. The lowest BCUT2D eigenvalue weighted by molar-refractivity contribution is 0.586. The molecule has 0 spiro atoms. The first-order valence-corrected chi connectivity index (χ1v) is 5.84. The van der Waals surface area contributed by atoms with Gasteiger partial charge in [0, 0.05) is 13.0 Å². The molecule has 80 valence electrons. The quantitative estimate of drug-likeness (QED) is 0.737. The van der Waals surface area contributed by atoms with Crippen LogP contribution in [0.5, 0.6) is 0 Å². The molecule has 1 rings (SSSR count). The number of rotatable bonds is 6. The molecule has 0 unspecified atom stereocenters. The van der Waals surface area contributed by atoms with Gasteiger partial charge in [0.15, 0.2) is 4.77 Å². The summed E-state index contributed by atoms with van der Waals surface area (Å²) in [6, 6.07) is 0. The number of nitrogens with zero attached hydrogens (tertiary/aromatic N) is 2. The zero-order chi connectivity index (χ0) is 10.4. The minimum absolute atomic E-state index is 0.768. The van der Waals surface area contributed by atoms with Gasteiger partial charge in [-0.25, -0.2) is 0 Å². The fourth-order valence-electron chi connectivity index (χ4n) is 1.42. The third-order valence-electron chi connectivity index (χ3n) is 2.33. The van der Waals surface area contributed by atoms with Crippen LogP contribution in [0.3, 0.4) is 0 Å². The number of nitrogens with one attached hydrogen (secondary N) is 1. The van der Waals surface area contributed by atoms with Crippen LogP contribution in [-0.4, -0.2) is 14.8 Å². The topological polar surface area (TPSA) is 33.6 Å². The van der Waals surface area contributed by atoms with E-state index in [1.165, 1.54) is 25.7 Å². The van der Waals surface area contributed by atoms with Gasteiger partial charge in [-0.2, -0.15) is 5.10 Å². The lowest BCUT2D eigenvalue weighted by Gasteiger charge is -2.04. The SMILES string of the molecule is CCCCc1n[nH]c(=S)n1CCCC. The van der Waals surface area contributed by atoms with Gasteiger partial charge in [0.2, 0.25) is 0 Å². The van der Waals surface area contributed by atoms with Gasteiger partial charge in [-0.05, 0) is 25.1 Å². The van der Waals surface area contributed by atoms with Crippen LogP contribution in [0.4, 0.5) is 0 Å². The summed E-state index contributed by atoms with van der Waals surface area (Å²) in [6.45, 7) is 5.39.